The summed E-state index contributed by atoms with van der Waals surface area (Å²) >= 11 is 0. The van der Waals surface area contributed by atoms with Gasteiger partial charge in [0.15, 0.2) is 5.69 Å². The molecule has 0 atom stereocenters. The number of aromatic nitrogens is 2. The van der Waals surface area contributed by atoms with Crippen LogP contribution in [0.5, 0.6) is 5.88 Å². The molecule has 0 amide bonds. The van der Waals surface area contributed by atoms with Crippen LogP contribution in [0.15, 0.2) is 12.4 Å². The molecule has 0 unspecified atom stereocenters. The average molecular weight is 255 g/mol. The van der Waals surface area contributed by atoms with Gasteiger partial charge >= 0.3 is 0 Å². The monoisotopic (exact) mass is 255 g/mol. The minimum atomic E-state index is 0.302. The predicted molar refractivity (Wildman–Crippen MR) is 68.2 cm³/mol. The molecule has 19 heavy (non-hydrogen) atoms. The lowest BCUT2D eigenvalue weighted by molar-refractivity contribution is -0.0806. The molecule has 1 aromatic rings. The van der Waals surface area contributed by atoms with Crippen molar-refractivity contribution in [2.24, 2.45) is 23.7 Å². The molecule has 4 heteroatoms. The van der Waals surface area contributed by atoms with Crippen molar-refractivity contribution in [3.8, 4) is 11.9 Å². The maximum atomic E-state index is 8.86. The summed E-state index contributed by atoms with van der Waals surface area (Å²) in [4.78, 5) is 8.23. The zero-order valence-electron chi connectivity index (χ0n) is 10.8. The van der Waals surface area contributed by atoms with E-state index in [0.717, 1.165) is 11.8 Å². The Morgan fingerprint density at radius 1 is 1.05 bits per heavy atom. The van der Waals surface area contributed by atoms with Gasteiger partial charge in [-0.1, -0.05) is 0 Å². The van der Waals surface area contributed by atoms with E-state index in [4.69, 9.17) is 10.00 Å². The fourth-order valence-electron chi connectivity index (χ4n) is 4.67. The summed E-state index contributed by atoms with van der Waals surface area (Å²) in [6.45, 7) is 0. The van der Waals surface area contributed by atoms with Gasteiger partial charge in [0.05, 0.1) is 12.4 Å². The molecule has 4 nitrogen and oxygen atoms in total. The van der Waals surface area contributed by atoms with Gasteiger partial charge in [-0.25, -0.2) is 0 Å². The van der Waals surface area contributed by atoms with E-state index in [2.05, 4.69) is 9.97 Å². The number of hydrogen-bond acceptors (Lipinski definition) is 4. The molecule has 4 fully saturated rings. The summed E-state index contributed by atoms with van der Waals surface area (Å²) in [5, 5.41) is 8.86. The maximum Gasteiger partial charge on any atom is 0.233 e. The Morgan fingerprint density at radius 3 is 2.37 bits per heavy atom. The second-order valence-corrected chi connectivity index (χ2v) is 6.37. The summed E-state index contributed by atoms with van der Waals surface area (Å²) in [6, 6.07) is 2.02. The van der Waals surface area contributed by atoms with Gasteiger partial charge in [-0.05, 0) is 55.8 Å². The van der Waals surface area contributed by atoms with E-state index in [-0.39, 0.29) is 0 Å². The van der Waals surface area contributed by atoms with E-state index in [1.165, 1.54) is 38.3 Å². The number of rotatable bonds is 2. The molecule has 4 saturated carbocycles. The highest BCUT2D eigenvalue weighted by molar-refractivity contribution is 5.20. The Morgan fingerprint density at radius 2 is 1.74 bits per heavy atom. The maximum absolute atomic E-state index is 8.86. The van der Waals surface area contributed by atoms with Gasteiger partial charge in [-0.2, -0.15) is 10.2 Å². The van der Waals surface area contributed by atoms with Gasteiger partial charge in [-0.15, -0.1) is 0 Å². The molecule has 1 heterocycles. The van der Waals surface area contributed by atoms with Crippen LogP contribution in [0.3, 0.4) is 0 Å². The van der Waals surface area contributed by atoms with Crippen molar-refractivity contribution in [3.05, 3.63) is 18.1 Å². The number of ether oxygens (including phenoxy) is 1. The minimum Gasteiger partial charge on any atom is -0.473 e. The average Bonchev–Trinajstić information content (AvgIpc) is 2.42. The van der Waals surface area contributed by atoms with Crippen molar-refractivity contribution in [1.29, 1.82) is 5.26 Å². The lowest BCUT2D eigenvalue weighted by Gasteiger charge is -2.53. The smallest absolute Gasteiger partial charge is 0.233 e. The summed E-state index contributed by atoms with van der Waals surface area (Å²) in [5.74, 6) is 3.81. The molecule has 4 bridgehead atoms. The van der Waals surface area contributed by atoms with Crippen molar-refractivity contribution < 1.29 is 4.74 Å². The highest BCUT2D eigenvalue weighted by Gasteiger charge is 2.49. The SMILES string of the molecule is N#Cc1cncc(OC2C3CC4CC(C3)CC2C4)n1. The predicted octanol–water partition coefficient (Wildman–Crippen LogP) is 2.55. The normalized spacial score (nSPS) is 39.0. The summed E-state index contributed by atoms with van der Waals surface area (Å²) in [7, 11) is 0. The highest BCUT2D eigenvalue weighted by atomic mass is 16.5. The van der Waals surface area contributed by atoms with Gasteiger partial charge in [0.1, 0.15) is 12.2 Å². The van der Waals surface area contributed by atoms with E-state index in [1.807, 2.05) is 6.07 Å². The topological polar surface area (TPSA) is 58.8 Å². The molecule has 0 aromatic carbocycles. The van der Waals surface area contributed by atoms with Crippen molar-refractivity contribution >= 4 is 0 Å². The third-order valence-corrected chi connectivity index (χ3v) is 5.12. The van der Waals surface area contributed by atoms with Crippen LogP contribution in [-0.2, 0) is 0 Å². The van der Waals surface area contributed by atoms with Crippen molar-refractivity contribution in [1.82, 2.24) is 9.97 Å². The lowest BCUT2D eigenvalue weighted by Crippen LogP contribution is -2.50. The van der Waals surface area contributed by atoms with Crippen LogP contribution in [0, 0.1) is 35.0 Å². The zero-order chi connectivity index (χ0) is 12.8. The van der Waals surface area contributed by atoms with Gasteiger partial charge in [-0.3, -0.25) is 4.98 Å². The first-order valence-corrected chi connectivity index (χ1v) is 7.20. The van der Waals surface area contributed by atoms with E-state index in [0.29, 0.717) is 29.5 Å². The molecule has 98 valence electrons. The summed E-state index contributed by atoms with van der Waals surface area (Å²) < 4.78 is 6.11. The molecular weight excluding hydrogens is 238 g/mol. The second-order valence-electron chi connectivity index (χ2n) is 6.37. The number of nitrogens with zero attached hydrogens (tertiary/aromatic N) is 3. The van der Waals surface area contributed by atoms with Crippen molar-refractivity contribution in [3.63, 3.8) is 0 Å². The van der Waals surface area contributed by atoms with Crippen LogP contribution in [0.4, 0.5) is 0 Å². The Kier molecular flexibility index (Phi) is 2.48. The molecule has 0 radical (unpaired) electrons. The van der Waals surface area contributed by atoms with E-state index in [9.17, 15) is 0 Å². The molecule has 1 aromatic heterocycles. The van der Waals surface area contributed by atoms with Crippen LogP contribution in [-0.4, -0.2) is 16.1 Å². The number of nitriles is 1. The van der Waals surface area contributed by atoms with Gasteiger partial charge in [0, 0.05) is 0 Å². The Hall–Kier alpha value is -1.63. The Labute approximate surface area is 112 Å². The lowest BCUT2D eigenvalue weighted by atomic mass is 9.55. The second kappa shape index (κ2) is 4.19. The fraction of sp³-hybridized carbons (Fsp3) is 0.667. The van der Waals surface area contributed by atoms with Crippen LogP contribution < -0.4 is 4.74 Å². The summed E-state index contributed by atoms with van der Waals surface area (Å²) in [5.41, 5.74) is 0.335. The molecule has 0 saturated heterocycles. The third kappa shape index (κ3) is 1.88. The quantitative estimate of drug-likeness (QED) is 0.815. The molecule has 0 N–H and O–H groups in total. The van der Waals surface area contributed by atoms with Gasteiger partial charge < -0.3 is 4.74 Å². The Bertz CT molecular complexity index is 508. The standard InChI is InChI=1S/C15H17N3O/c16-6-13-7-17-8-14(18-13)19-15-11-2-9-1-10(4-11)5-12(15)3-9/h7-12,15H,1-5H2. The fourth-order valence-corrected chi connectivity index (χ4v) is 4.67. The first-order chi connectivity index (χ1) is 9.31. The minimum absolute atomic E-state index is 0.302. The van der Waals surface area contributed by atoms with Crippen LogP contribution in [0.2, 0.25) is 0 Å². The molecule has 4 aliphatic carbocycles. The Balaban J connectivity index is 1.55. The number of hydrogen-bond donors (Lipinski definition) is 0. The van der Waals surface area contributed by atoms with Crippen LogP contribution in [0.1, 0.15) is 37.8 Å². The molecule has 4 aliphatic rings. The molecular formula is C15H17N3O. The van der Waals surface area contributed by atoms with Crippen LogP contribution in [0.25, 0.3) is 0 Å². The molecule has 0 aliphatic heterocycles. The largest absolute Gasteiger partial charge is 0.473 e. The van der Waals surface area contributed by atoms with Gasteiger partial charge in [0.2, 0.25) is 5.88 Å². The molecule has 5 rings (SSSR count). The first kappa shape index (κ1) is 11.2. The zero-order valence-corrected chi connectivity index (χ0v) is 10.8. The van der Waals surface area contributed by atoms with E-state index >= 15 is 0 Å². The molecule has 0 spiro atoms. The third-order valence-electron chi connectivity index (χ3n) is 5.12. The van der Waals surface area contributed by atoms with Gasteiger partial charge in [0.25, 0.3) is 0 Å². The van der Waals surface area contributed by atoms with Crippen molar-refractivity contribution in [2.75, 3.05) is 0 Å². The van der Waals surface area contributed by atoms with Crippen molar-refractivity contribution in [2.45, 2.75) is 38.2 Å². The first-order valence-electron chi connectivity index (χ1n) is 7.20. The highest BCUT2D eigenvalue weighted by Crippen LogP contribution is 2.54. The van der Waals surface area contributed by atoms with E-state index < -0.39 is 0 Å². The van der Waals surface area contributed by atoms with Crippen LogP contribution >= 0.6 is 0 Å². The summed E-state index contributed by atoms with van der Waals surface area (Å²) in [6.07, 6.45) is 10.1. The van der Waals surface area contributed by atoms with E-state index in [1.54, 1.807) is 6.20 Å².